The van der Waals surface area contributed by atoms with Gasteiger partial charge in [0.1, 0.15) is 5.69 Å². The van der Waals surface area contributed by atoms with Gasteiger partial charge in [-0.15, -0.1) is 0 Å². The molecule has 0 saturated carbocycles. The molecule has 1 atom stereocenters. The summed E-state index contributed by atoms with van der Waals surface area (Å²) in [7, 11) is 0. The Labute approximate surface area is 121 Å². The van der Waals surface area contributed by atoms with Gasteiger partial charge in [-0.1, -0.05) is 6.92 Å². The number of amides is 1. The lowest BCUT2D eigenvalue weighted by atomic mass is 9.97. The molecule has 7 heteroatoms. The molecule has 0 bridgehead atoms. The average Bonchev–Trinajstić information content (AvgIpc) is 2.79. The van der Waals surface area contributed by atoms with Gasteiger partial charge in [-0.3, -0.25) is 4.79 Å². The molecule has 1 fully saturated rings. The van der Waals surface area contributed by atoms with Crippen LogP contribution < -0.4 is 0 Å². The van der Waals surface area contributed by atoms with Crippen molar-refractivity contribution in [2.75, 3.05) is 6.54 Å². The van der Waals surface area contributed by atoms with Gasteiger partial charge in [0.2, 0.25) is 5.91 Å². The second-order valence-electron chi connectivity index (χ2n) is 5.49. The highest BCUT2D eigenvalue weighted by Crippen LogP contribution is 2.38. The Morgan fingerprint density at radius 1 is 1.43 bits per heavy atom. The van der Waals surface area contributed by atoms with Gasteiger partial charge in [0.25, 0.3) is 0 Å². The third-order valence-corrected chi connectivity index (χ3v) is 3.87. The Morgan fingerprint density at radius 2 is 2.10 bits per heavy atom. The van der Waals surface area contributed by atoms with Crippen LogP contribution in [0.2, 0.25) is 0 Å². The fourth-order valence-corrected chi connectivity index (χ4v) is 2.74. The quantitative estimate of drug-likeness (QED) is 0.843. The first kappa shape index (κ1) is 15.7. The Bertz CT molecular complexity index is 559. The van der Waals surface area contributed by atoms with E-state index in [1.54, 1.807) is 18.7 Å². The number of nitrogens with zero attached hydrogens (tertiary/aromatic N) is 3. The van der Waals surface area contributed by atoms with E-state index in [-0.39, 0.29) is 17.4 Å². The Kier molecular flexibility index (Phi) is 3.95. The lowest BCUT2D eigenvalue weighted by Crippen LogP contribution is -2.44. The molecule has 0 aromatic carbocycles. The van der Waals surface area contributed by atoms with Crippen molar-refractivity contribution < 1.29 is 18.0 Å². The van der Waals surface area contributed by atoms with Crippen LogP contribution in [0.3, 0.4) is 0 Å². The van der Waals surface area contributed by atoms with Crippen molar-refractivity contribution in [2.24, 2.45) is 0 Å². The molecule has 1 aliphatic rings. The van der Waals surface area contributed by atoms with E-state index in [0.29, 0.717) is 19.4 Å². The molecule has 1 aromatic rings. The highest BCUT2D eigenvalue weighted by Gasteiger charge is 2.44. The zero-order valence-corrected chi connectivity index (χ0v) is 12.3. The summed E-state index contributed by atoms with van der Waals surface area (Å²) in [6, 6.07) is 0.924. The minimum absolute atomic E-state index is 0.0779. The van der Waals surface area contributed by atoms with E-state index in [4.69, 9.17) is 0 Å². The number of aryl methyl sites for hydroxylation is 1. The monoisotopic (exact) mass is 301 g/mol. The number of hydrogen-bond acceptors (Lipinski definition) is 3. The van der Waals surface area contributed by atoms with E-state index >= 15 is 0 Å². The van der Waals surface area contributed by atoms with Crippen molar-refractivity contribution in [1.82, 2.24) is 14.9 Å². The summed E-state index contributed by atoms with van der Waals surface area (Å²) in [5, 5.41) is 0. The van der Waals surface area contributed by atoms with Gasteiger partial charge in [-0.25, -0.2) is 9.97 Å². The van der Waals surface area contributed by atoms with Gasteiger partial charge in [0.05, 0.1) is 5.54 Å². The summed E-state index contributed by atoms with van der Waals surface area (Å²) in [5.41, 5.74) is -1.56. The van der Waals surface area contributed by atoms with Crippen molar-refractivity contribution >= 4 is 5.91 Å². The standard InChI is InChI=1S/C14H18F3N3O/c1-4-11(21)20-7-5-6-13(20,3)12-18-9(2)8-10(19-12)14(15,16)17/h8H,4-7H2,1-3H3/t13-/m0/s1. The Balaban J connectivity index is 2.49. The summed E-state index contributed by atoms with van der Waals surface area (Å²) in [6.45, 7) is 5.51. The molecule has 1 amide bonds. The van der Waals surface area contributed by atoms with Gasteiger partial charge >= 0.3 is 6.18 Å². The van der Waals surface area contributed by atoms with Crippen LogP contribution in [0.1, 0.15) is 50.3 Å². The maximum absolute atomic E-state index is 12.9. The summed E-state index contributed by atoms with van der Waals surface area (Å²) >= 11 is 0. The van der Waals surface area contributed by atoms with Crippen molar-refractivity contribution in [3.05, 3.63) is 23.3 Å². The molecular weight excluding hydrogens is 283 g/mol. The largest absolute Gasteiger partial charge is 0.433 e. The van der Waals surface area contributed by atoms with E-state index < -0.39 is 17.4 Å². The molecule has 1 aromatic heterocycles. The second-order valence-corrected chi connectivity index (χ2v) is 5.49. The molecule has 0 spiro atoms. The lowest BCUT2D eigenvalue weighted by molar-refractivity contribution is -0.141. The number of hydrogen-bond donors (Lipinski definition) is 0. The number of likely N-dealkylation sites (tertiary alicyclic amines) is 1. The molecule has 0 aliphatic carbocycles. The minimum atomic E-state index is -4.52. The highest BCUT2D eigenvalue weighted by atomic mass is 19.4. The molecule has 21 heavy (non-hydrogen) atoms. The van der Waals surface area contributed by atoms with Gasteiger partial charge in [0.15, 0.2) is 5.82 Å². The molecule has 2 rings (SSSR count). The molecule has 0 N–H and O–H groups in total. The number of alkyl halides is 3. The first-order chi connectivity index (χ1) is 9.68. The van der Waals surface area contributed by atoms with Crippen LogP contribution >= 0.6 is 0 Å². The fraction of sp³-hybridized carbons (Fsp3) is 0.643. The second kappa shape index (κ2) is 5.27. The topological polar surface area (TPSA) is 46.1 Å². The van der Waals surface area contributed by atoms with Crippen molar-refractivity contribution in [3.63, 3.8) is 0 Å². The SMILES string of the molecule is CCC(=O)N1CCC[C@@]1(C)c1nc(C)cc(C(F)(F)F)n1. The predicted molar refractivity (Wildman–Crippen MR) is 70.4 cm³/mol. The summed E-state index contributed by atoms with van der Waals surface area (Å²) in [4.78, 5) is 21.5. The first-order valence-electron chi connectivity index (χ1n) is 6.92. The summed E-state index contributed by atoms with van der Waals surface area (Å²) < 4.78 is 38.7. The van der Waals surface area contributed by atoms with Gasteiger partial charge in [-0.05, 0) is 32.8 Å². The van der Waals surface area contributed by atoms with Gasteiger partial charge < -0.3 is 4.90 Å². The third-order valence-electron chi connectivity index (χ3n) is 3.87. The minimum Gasteiger partial charge on any atom is -0.330 e. The van der Waals surface area contributed by atoms with Crippen LogP contribution in [0.4, 0.5) is 13.2 Å². The maximum Gasteiger partial charge on any atom is 0.433 e. The smallest absolute Gasteiger partial charge is 0.330 e. The summed E-state index contributed by atoms with van der Waals surface area (Å²) in [6.07, 6.45) is -2.90. The van der Waals surface area contributed by atoms with Crippen LogP contribution in [0, 0.1) is 6.92 Å². The summed E-state index contributed by atoms with van der Waals surface area (Å²) in [5.74, 6) is -0.0113. The normalized spacial score (nSPS) is 22.7. The van der Waals surface area contributed by atoms with Crippen LogP contribution in [0.15, 0.2) is 6.07 Å². The molecule has 116 valence electrons. The van der Waals surface area contributed by atoms with Gasteiger partial charge in [0, 0.05) is 18.7 Å². The number of carbonyl (C=O) groups excluding carboxylic acids is 1. The van der Waals surface area contributed by atoms with E-state index in [0.717, 1.165) is 12.5 Å². The number of carbonyl (C=O) groups is 1. The van der Waals surface area contributed by atoms with Crippen molar-refractivity contribution in [2.45, 2.75) is 51.7 Å². The predicted octanol–water partition coefficient (Wildman–Crippen LogP) is 3.05. The van der Waals surface area contributed by atoms with Crippen molar-refractivity contribution in [3.8, 4) is 0 Å². The van der Waals surface area contributed by atoms with E-state index in [1.807, 2.05) is 0 Å². The molecular formula is C14H18F3N3O. The Morgan fingerprint density at radius 3 is 2.67 bits per heavy atom. The third kappa shape index (κ3) is 2.87. The highest BCUT2D eigenvalue weighted by molar-refractivity contribution is 5.77. The molecule has 0 unspecified atom stereocenters. The van der Waals surface area contributed by atoms with E-state index in [1.165, 1.54) is 6.92 Å². The van der Waals surface area contributed by atoms with E-state index in [2.05, 4.69) is 9.97 Å². The molecule has 0 radical (unpaired) electrons. The van der Waals surface area contributed by atoms with E-state index in [9.17, 15) is 18.0 Å². The molecule has 1 aliphatic heterocycles. The first-order valence-corrected chi connectivity index (χ1v) is 6.92. The lowest BCUT2D eigenvalue weighted by Gasteiger charge is -2.34. The number of rotatable bonds is 2. The number of aromatic nitrogens is 2. The van der Waals surface area contributed by atoms with Crippen LogP contribution in [0.5, 0.6) is 0 Å². The van der Waals surface area contributed by atoms with Crippen LogP contribution in [0.25, 0.3) is 0 Å². The zero-order chi connectivity index (χ0) is 15.8. The van der Waals surface area contributed by atoms with Crippen LogP contribution in [-0.2, 0) is 16.5 Å². The van der Waals surface area contributed by atoms with Gasteiger partial charge in [-0.2, -0.15) is 13.2 Å². The number of halogens is 3. The molecule has 4 nitrogen and oxygen atoms in total. The molecule has 2 heterocycles. The van der Waals surface area contributed by atoms with Crippen LogP contribution in [-0.4, -0.2) is 27.3 Å². The molecule has 1 saturated heterocycles. The van der Waals surface area contributed by atoms with Crippen molar-refractivity contribution in [1.29, 1.82) is 0 Å². The fourth-order valence-electron chi connectivity index (χ4n) is 2.74. The Hall–Kier alpha value is -1.66. The maximum atomic E-state index is 12.9. The average molecular weight is 301 g/mol. The zero-order valence-electron chi connectivity index (χ0n) is 12.3.